The van der Waals surface area contributed by atoms with Crippen LogP contribution in [0.1, 0.15) is 12.5 Å². The minimum atomic E-state index is -1.08. The number of nitrogens with one attached hydrogen (secondary N) is 1. The number of hydrogen-bond acceptors (Lipinski definition) is 6. The highest BCUT2D eigenvalue weighted by atomic mass is 35.5. The third kappa shape index (κ3) is 4.17. The molecule has 9 nitrogen and oxygen atoms in total. The SMILES string of the molecule is C[C@@]1(c2ccccc2)NC(=O)N(CN2CCN(c3cnn(-c4ccccc4)c(=O)c3Cl)CC2)C1=O. The first-order valence-corrected chi connectivity index (χ1v) is 11.8. The van der Waals surface area contributed by atoms with Gasteiger partial charge in [-0.15, -0.1) is 0 Å². The third-order valence-corrected chi connectivity index (χ3v) is 6.94. The second-order valence-corrected chi connectivity index (χ2v) is 9.18. The summed E-state index contributed by atoms with van der Waals surface area (Å²) in [5, 5.41) is 7.27. The molecule has 3 amide bonds. The van der Waals surface area contributed by atoms with E-state index in [1.54, 1.807) is 25.3 Å². The average molecular weight is 493 g/mol. The maximum Gasteiger partial charge on any atom is 0.326 e. The van der Waals surface area contributed by atoms with Crippen molar-refractivity contribution in [2.45, 2.75) is 12.5 Å². The quantitative estimate of drug-likeness (QED) is 0.550. The predicted octanol–water partition coefficient (Wildman–Crippen LogP) is 2.43. The predicted molar refractivity (Wildman–Crippen MR) is 133 cm³/mol. The number of amides is 3. The summed E-state index contributed by atoms with van der Waals surface area (Å²) < 4.78 is 1.28. The zero-order valence-corrected chi connectivity index (χ0v) is 20.0. The molecule has 2 aliphatic heterocycles. The largest absolute Gasteiger partial charge is 0.366 e. The van der Waals surface area contributed by atoms with Crippen LogP contribution in [0.2, 0.25) is 5.02 Å². The van der Waals surface area contributed by atoms with Gasteiger partial charge in [0.1, 0.15) is 10.6 Å². The molecule has 0 saturated carbocycles. The van der Waals surface area contributed by atoms with Crippen molar-refractivity contribution in [1.82, 2.24) is 24.9 Å². The molecule has 0 bridgehead atoms. The number of para-hydroxylation sites is 1. The van der Waals surface area contributed by atoms with Gasteiger partial charge in [-0.05, 0) is 24.6 Å². The van der Waals surface area contributed by atoms with Crippen molar-refractivity contribution >= 4 is 29.2 Å². The van der Waals surface area contributed by atoms with E-state index >= 15 is 0 Å². The lowest BCUT2D eigenvalue weighted by Gasteiger charge is -2.37. The zero-order valence-electron chi connectivity index (χ0n) is 19.2. The molecular weight excluding hydrogens is 468 g/mol. The molecule has 2 saturated heterocycles. The molecule has 2 fully saturated rings. The van der Waals surface area contributed by atoms with Gasteiger partial charge in [-0.25, -0.2) is 9.69 Å². The normalized spacial score (nSPS) is 20.9. The lowest BCUT2D eigenvalue weighted by Crippen LogP contribution is -2.52. The first-order chi connectivity index (χ1) is 16.9. The van der Waals surface area contributed by atoms with Crippen LogP contribution in [0, 0.1) is 0 Å². The van der Waals surface area contributed by atoms with Gasteiger partial charge in [-0.3, -0.25) is 14.5 Å². The van der Waals surface area contributed by atoms with Gasteiger partial charge in [0.05, 0.1) is 24.2 Å². The Bertz CT molecular complexity index is 1310. The number of piperazine rings is 1. The van der Waals surface area contributed by atoms with Crippen LogP contribution < -0.4 is 15.8 Å². The molecule has 0 spiro atoms. The molecule has 2 aliphatic rings. The van der Waals surface area contributed by atoms with E-state index in [2.05, 4.69) is 10.4 Å². The van der Waals surface area contributed by atoms with Crippen molar-refractivity contribution in [3.8, 4) is 5.69 Å². The van der Waals surface area contributed by atoms with Crippen molar-refractivity contribution in [1.29, 1.82) is 0 Å². The minimum Gasteiger partial charge on any atom is -0.366 e. The number of urea groups is 1. The van der Waals surface area contributed by atoms with Gasteiger partial charge < -0.3 is 10.2 Å². The maximum absolute atomic E-state index is 13.2. The number of anilines is 1. The molecule has 1 atom stereocenters. The van der Waals surface area contributed by atoms with E-state index in [0.717, 1.165) is 5.56 Å². The number of carbonyl (C=O) groups excluding carboxylic acids is 2. The monoisotopic (exact) mass is 492 g/mol. The van der Waals surface area contributed by atoms with E-state index < -0.39 is 11.6 Å². The molecule has 1 aromatic heterocycles. The van der Waals surface area contributed by atoms with Crippen molar-refractivity contribution < 1.29 is 9.59 Å². The summed E-state index contributed by atoms with van der Waals surface area (Å²) >= 11 is 6.45. The Morgan fingerprint density at radius 2 is 1.57 bits per heavy atom. The van der Waals surface area contributed by atoms with Crippen LogP contribution in [-0.2, 0) is 10.3 Å². The first kappa shape index (κ1) is 23.1. The first-order valence-electron chi connectivity index (χ1n) is 11.4. The molecule has 5 rings (SSSR count). The Morgan fingerprint density at radius 3 is 2.23 bits per heavy atom. The number of halogens is 1. The van der Waals surface area contributed by atoms with Gasteiger partial charge in [-0.2, -0.15) is 9.78 Å². The Morgan fingerprint density at radius 1 is 0.943 bits per heavy atom. The molecule has 10 heteroatoms. The van der Waals surface area contributed by atoms with Crippen LogP contribution >= 0.6 is 11.6 Å². The average Bonchev–Trinajstić information content (AvgIpc) is 3.11. The second kappa shape index (κ2) is 9.16. The van der Waals surface area contributed by atoms with Gasteiger partial charge >= 0.3 is 6.03 Å². The van der Waals surface area contributed by atoms with Crippen molar-refractivity contribution in [3.63, 3.8) is 0 Å². The van der Waals surface area contributed by atoms with Crippen LogP contribution in [0.4, 0.5) is 10.5 Å². The molecular formula is C25H25ClN6O3. The summed E-state index contributed by atoms with van der Waals surface area (Å²) in [4.78, 5) is 44.0. The fourth-order valence-corrected chi connectivity index (χ4v) is 4.77. The van der Waals surface area contributed by atoms with Crippen LogP contribution in [0.3, 0.4) is 0 Å². The van der Waals surface area contributed by atoms with Gasteiger partial charge in [0.2, 0.25) is 0 Å². The summed E-state index contributed by atoms with van der Waals surface area (Å²) in [5.74, 6) is -0.270. The smallest absolute Gasteiger partial charge is 0.326 e. The lowest BCUT2D eigenvalue weighted by molar-refractivity contribution is -0.132. The highest BCUT2D eigenvalue weighted by molar-refractivity contribution is 6.33. The molecule has 3 heterocycles. The number of aromatic nitrogens is 2. The molecule has 3 aromatic rings. The van der Waals surface area contributed by atoms with Gasteiger partial charge in [0.15, 0.2) is 0 Å². The topological polar surface area (TPSA) is 90.8 Å². The zero-order chi connectivity index (χ0) is 24.6. The summed E-state index contributed by atoms with van der Waals surface area (Å²) in [6, 6.07) is 18.0. The van der Waals surface area contributed by atoms with Gasteiger partial charge in [0.25, 0.3) is 11.5 Å². The van der Waals surface area contributed by atoms with E-state index in [1.807, 2.05) is 58.3 Å². The Hall–Kier alpha value is -3.69. The Labute approximate surface area is 207 Å². The number of carbonyl (C=O) groups is 2. The highest BCUT2D eigenvalue weighted by Crippen LogP contribution is 2.29. The summed E-state index contributed by atoms with van der Waals surface area (Å²) in [6.45, 7) is 4.27. The van der Waals surface area contributed by atoms with Crippen LogP contribution in [0.15, 0.2) is 71.7 Å². The number of hydrogen-bond donors (Lipinski definition) is 1. The van der Waals surface area contributed by atoms with Crippen LogP contribution in [-0.4, -0.2) is 64.4 Å². The number of rotatable bonds is 5. The fourth-order valence-electron chi connectivity index (χ4n) is 4.52. The number of nitrogens with zero attached hydrogens (tertiary/aromatic N) is 5. The van der Waals surface area contributed by atoms with E-state index in [0.29, 0.717) is 37.6 Å². The summed E-state index contributed by atoms with van der Waals surface area (Å²) in [7, 11) is 0. The van der Waals surface area contributed by atoms with E-state index in [4.69, 9.17) is 11.6 Å². The highest BCUT2D eigenvalue weighted by Gasteiger charge is 2.49. The Balaban J connectivity index is 1.25. The number of imide groups is 1. The molecule has 0 radical (unpaired) electrons. The minimum absolute atomic E-state index is 0.116. The fraction of sp³-hybridized carbons (Fsp3) is 0.280. The van der Waals surface area contributed by atoms with Crippen molar-refractivity contribution in [2.75, 3.05) is 37.7 Å². The maximum atomic E-state index is 13.2. The second-order valence-electron chi connectivity index (χ2n) is 8.80. The molecule has 180 valence electrons. The lowest BCUT2D eigenvalue weighted by atomic mass is 9.92. The van der Waals surface area contributed by atoms with Crippen LogP contribution in [0.25, 0.3) is 5.69 Å². The molecule has 35 heavy (non-hydrogen) atoms. The summed E-state index contributed by atoms with van der Waals surface area (Å²) in [5.41, 5.74) is 0.513. The standard InChI is InChI=1S/C25H25ClN6O3/c1-25(18-8-4-2-5-9-18)23(34)31(24(35)28-25)17-29-12-14-30(15-13-29)20-16-27-32(22(33)21(20)26)19-10-6-3-7-11-19/h2-11,16H,12-15,17H2,1H3,(H,28,35)/t25-/m0/s1. The molecule has 0 aliphatic carbocycles. The van der Waals surface area contributed by atoms with Crippen LogP contribution in [0.5, 0.6) is 0 Å². The van der Waals surface area contributed by atoms with E-state index in [-0.39, 0.29) is 23.2 Å². The van der Waals surface area contributed by atoms with Gasteiger partial charge in [0, 0.05) is 26.2 Å². The Kier molecular flexibility index (Phi) is 6.04. The number of benzene rings is 2. The van der Waals surface area contributed by atoms with E-state index in [1.165, 1.54) is 9.58 Å². The van der Waals surface area contributed by atoms with Gasteiger partial charge in [-0.1, -0.05) is 60.1 Å². The summed E-state index contributed by atoms with van der Waals surface area (Å²) in [6.07, 6.45) is 1.61. The molecule has 0 unspecified atom stereocenters. The third-order valence-electron chi connectivity index (χ3n) is 6.58. The van der Waals surface area contributed by atoms with E-state index in [9.17, 15) is 14.4 Å². The van der Waals surface area contributed by atoms with Crippen molar-refractivity contribution in [3.05, 3.63) is 87.8 Å². The van der Waals surface area contributed by atoms with Crippen molar-refractivity contribution in [2.24, 2.45) is 0 Å². The molecule has 1 N–H and O–H groups in total. The molecule has 2 aromatic carbocycles.